The third kappa shape index (κ3) is 4.34. The monoisotopic (exact) mass is 317 g/mol. The Morgan fingerprint density at radius 2 is 2.18 bits per heavy atom. The van der Waals surface area contributed by atoms with E-state index in [0.717, 1.165) is 10.2 Å². The molecule has 0 saturated heterocycles. The SMILES string of the molecule is CNS(=O)(=O)CCNc1ccc(C#N)cc1Br. The summed E-state index contributed by atoms with van der Waals surface area (Å²) < 4.78 is 25.3. The van der Waals surface area contributed by atoms with Crippen LogP contribution in [0.4, 0.5) is 5.69 Å². The molecule has 7 heteroatoms. The number of anilines is 1. The summed E-state index contributed by atoms with van der Waals surface area (Å²) in [6.45, 7) is 0.299. The van der Waals surface area contributed by atoms with Crippen molar-refractivity contribution < 1.29 is 8.42 Å². The molecule has 92 valence electrons. The van der Waals surface area contributed by atoms with E-state index < -0.39 is 10.0 Å². The first-order valence-electron chi connectivity index (χ1n) is 4.83. The smallest absolute Gasteiger partial charge is 0.213 e. The van der Waals surface area contributed by atoms with Gasteiger partial charge in [0.05, 0.1) is 17.4 Å². The lowest BCUT2D eigenvalue weighted by atomic mass is 10.2. The molecule has 0 bridgehead atoms. The van der Waals surface area contributed by atoms with E-state index in [2.05, 4.69) is 26.0 Å². The largest absolute Gasteiger partial charge is 0.383 e. The molecule has 0 heterocycles. The van der Waals surface area contributed by atoms with E-state index in [1.807, 2.05) is 6.07 Å². The molecule has 2 N–H and O–H groups in total. The predicted octanol–water partition coefficient (Wildman–Crippen LogP) is 1.28. The average Bonchev–Trinajstić information content (AvgIpc) is 2.31. The average molecular weight is 318 g/mol. The Morgan fingerprint density at radius 1 is 1.47 bits per heavy atom. The lowest BCUT2D eigenvalue weighted by Crippen LogP contribution is -2.26. The molecule has 1 aromatic carbocycles. The molecule has 5 nitrogen and oxygen atoms in total. The van der Waals surface area contributed by atoms with Gasteiger partial charge in [-0.3, -0.25) is 0 Å². The minimum Gasteiger partial charge on any atom is -0.383 e. The third-order valence-corrected chi connectivity index (χ3v) is 4.12. The normalized spacial score (nSPS) is 10.9. The predicted molar refractivity (Wildman–Crippen MR) is 70.2 cm³/mol. The fraction of sp³-hybridized carbons (Fsp3) is 0.300. The van der Waals surface area contributed by atoms with Gasteiger partial charge in [-0.25, -0.2) is 13.1 Å². The zero-order valence-electron chi connectivity index (χ0n) is 9.20. The molecule has 0 atom stereocenters. The molecule has 1 aromatic rings. The number of hydrogen-bond acceptors (Lipinski definition) is 4. The van der Waals surface area contributed by atoms with Gasteiger partial charge in [0.25, 0.3) is 0 Å². The highest BCUT2D eigenvalue weighted by Crippen LogP contribution is 2.23. The molecular formula is C10H12BrN3O2S. The molecule has 0 aliphatic rings. The van der Waals surface area contributed by atoms with Crippen molar-refractivity contribution in [2.75, 3.05) is 24.7 Å². The maximum atomic E-state index is 11.2. The van der Waals surface area contributed by atoms with Crippen LogP contribution >= 0.6 is 15.9 Å². The number of benzene rings is 1. The quantitative estimate of drug-likeness (QED) is 0.857. The molecule has 0 fully saturated rings. The number of halogens is 1. The third-order valence-electron chi connectivity index (χ3n) is 2.10. The van der Waals surface area contributed by atoms with Crippen LogP contribution in [0.1, 0.15) is 5.56 Å². The Kier molecular flexibility index (Phi) is 4.93. The van der Waals surface area contributed by atoms with Crippen LogP contribution in [0, 0.1) is 11.3 Å². The Hall–Kier alpha value is -1.10. The standard InChI is InChI=1S/C10H12BrN3O2S/c1-13-17(15,16)5-4-14-10-3-2-8(7-12)6-9(10)11/h2-3,6,13-14H,4-5H2,1H3. The van der Waals surface area contributed by atoms with Gasteiger partial charge in [0.15, 0.2) is 0 Å². The van der Waals surface area contributed by atoms with Gasteiger partial charge in [0.1, 0.15) is 0 Å². The Morgan fingerprint density at radius 3 is 2.71 bits per heavy atom. The highest BCUT2D eigenvalue weighted by molar-refractivity contribution is 9.10. The van der Waals surface area contributed by atoms with Crippen molar-refractivity contribution in [1.82, 2.24) is 4.72 Å². The summed E-state index contributed by atoms with van der Waals surface area (Å²) in [5.74, 6) is -0.00403. The van der Waals surface area contributed by atoms with Crippen LogP contribution in [-0.4, -0.2) is 27.8 Å². The molecule has 0 saturated carbocycles. The maximum absolute atomic E-state index is 11.2. The van der Waals surface area contributed by atoms with E-state index in [0.29, 0.717) is 12.1 Å². The maximum Gasteiger partial charge on any atom is 0.213 e. The first-order chi connectivity index (χ1) is 7.98. The van der Waals surface area contributed by atoms with E-state index in [1.54, 1.807) is 18.2 Å². The molecule has 0 radical (unpaired) electrons. The second-order valence-electron chi connectivity index (χ2n) is 3.26. The Bertz CT molecular complexity index is 537. The van der Waals surface area contributed by atoms with E-state index in [-0.39, 0.29) is 5.75 Å². The van der Waals surface area contributed by atoms with Crippen LogP contribution in [0.5, 0.6) is 0 Å². The van der Waals surface area contributed by atoms with Gasteiger partial charge in [0.2, 0.25) is 10.0 Å². The van der Waals surface area contributed by atoms with Crippen molar-refractivity contribution in [3.05, 3.63) is 28.2 Å². The fourth-order valence-electron chi connectivity index (χ4n) is 1.15. The molecule has 0 aliphatic carbocycles. The van der Waals surface area contributed by atoms with E-state index in [9.17, 15) is 8.42 Å². The first kappa shape index (κ1) is 14.0. The topological polar surface area (TPSA) is 82.0 Å². The summed E-state index contributed by atoms with van der Waals surface area (Å²) in [7, 11) is -1.81. The second-order valence-corrected chi connectivity index (χ2v) is 6.16. The number of hydrogen-bond donors (Lipinski definition) is 2. The van der Waals surface area contributed by atoms with Gasteiger partial charge in [-0.1, -0.05) is 0 Å². The van der Waals surface area contributed by atoms with Crippen LogP contribution in [0.25, 0.3) is 0 Å². The highest BCUT2D eigenvalue weighted by Gasteiger charge is 2.07. The molecule has 17 heavy (non-hydrogen) atoms. The van der Waals surface area contributed by atoms with Crippen molar-refractivity contribution in [3.63, 3.8) is 0 Å². The van der Waals surface area contributed by atoms with Crippen LogP contribution < -0.4 is 10.0 Å². The molecule has 0 aliphatic heterocycles. The molecule has 0 aromatic heterocycles. The van der Waals surface area contributed by atoms with Crippen molar-refractivity contribution >= 4 is 31.6 Å². The molecular weight excluding hydrogens is 306 g/mol. The van der Waals surface area contributed by atoms with Gasteiger partial charge in [-0.15, -0.1) is 0 Å². The van der Waals surface area contributed by atoms with Crippen molar-refractivity contribution in [1.29, 1.82) is 5.26 Å². The molecule has 0 amide bonds. The van der Waals surface area contributed by atoms with Crippen LogP contribution in [0.15, 0.2) is 22.7 Å². The van der Waals surface area contributed by atoms with Gasteiger partial charge >= 0.3 is 0 Å². The van der Waals surface area contributed by atoms with Crippen LogP contribution in [-0.2, 0) is 10.0 Å². The van der Waals surface area contributed by atoms with E-state index >= 15 is 0 Å². The lowest BCUT2D eigenvalue weighted by Gasteiger charge is -2.08. The summed E-state index contributed by atoms with van der Waals surface area (Å²) in [5.41, 5.74) is 1.31. The van der Waals surface area contributed by atoms with E-state index in [1.165, 1.54) is 7.05 Å². The zero-order valence-corrected chi connectivity index (χ0v) is 11.6. The van der Waals surface area contributed by atoms with Crippen LogP contribution in [0.2, 0.25) is 0 Å². The summed E-state index contributed by atoms with van der Waals surface area (Å²) in [6.07, 6.45) is 0. The van der Waals surface area contributed by atoms with E-state index in [4.69, 9.17) is 5.26 Å². The van der Waals surface area contributed by atoms with Crippen molar-refractivity contribution in [2.24, 2.45) is 0 Å². The van der Waals surface area contributed by atoms with Gasteiger partial charge in [-0.05, 0) is 41.2 Å². The number of sulfonamides is 1. The summed E-state index contributed by atoms with van der Waals surface area (Å²) in [4.78, 5) is 0. The highest BCUT2D eigenvalue weighted by atomic mass is 79.9. The van der Waals surface area contributed by atoms with Gasteiger partial charge < -0.3 is 5.32 Å². The van der Waals surface area contributed by atoms with Crippen molar-refractivity contribution in [2.45, 2.75) is 0 Å². The number of nitrogens with one attached hydrogen (secondary N) is 2. The van der Waals surface area contributed by atoms with Gasteiger partial charge in [0, 0.05) is 16.7 Å². The summed E-state index contributed by atoms with van der Waals surface area (Å²) >= 11 is 3.31. The second kappa shape index (κ2) is 6.00. The molecule has 0 unspecified atom stereocenters. The minimum absolute atomic E-state index is 0.00403. The minimum atomic E-state index is -3.20. The zero-order chi connectivity index (χ0) is 12.9. The van der Waals surface area contributed by atoms with Crippen molar-refractivity contribution in [3.8, 4) is 6.07 Å². The Labute approximate surface area is 109 Å². The Balaban J connectivity index is 2.62. The first-order valence-corrected chi connectivity index (χ1v) is 7.28. The number of nitriles is 1. The number of nitrogens with zero attached hydrogens (tertiary/aromatic N) is 1. The molecule has 1 rings (SSSR count). The summed E-state index contributed by atoms with van der Waals surface area (Å²) in [5, 5.41) is 11.7. The molecule has 0 spiro atoms. The number of rotatable bonds is 5. The van der Waals surface area contributed by atoms with Gasteiger partial charge in [-0.2, -0.15) is 5.26 Å². The fourth-order valence-corrected chi connectivity index (χ4v) is 2.24. The summed E-state index contributed by atoms with van der Waals surface area (Å²) in [6, 6.07) is 7.09. The lowest BCUT2D eigenvalue weighted by molar-refractivity contribution is 0.588. The van der Waals surface area contributed by atoms with Crippen LogP contribution in [0.3, 0.4) is 0 Å².